The number of amides is 1. The number of aryl methyl sites for hydroxylation is 2. The zero-order chi connectivity index (χ0) is 18.3. The van der Waals surface area contributed by atoms with Crippen LogP contribution in [0.15, 0.2) is 42.6 Å². The van der Waals surface area contributed by atoms with Crippen molar-refractivity contribution in [3.63, 3.8) is 0 Å². The summed E-state index contributed by atoms with van der Waals surface area (Å²) in [7, 11) is 0. The van der Waals surface area contributed by atoms with E-state index in [1.54, 1.807) is 6.07 Å². The first kappa shape index (κ1) is 16.4. The molecule has 132 valence electrons. The average molecular weight is 349 g/mol. The minimum atomic E-state index is -0.246. The zero-order valence-electron chi connectivity index (χ0n) is 14.7. The molecule has 0 bridgehead atoms. The molecule has 0 aliphatic heterocycles. The second-order valence-corrected chi connectivity index (χ2v) is 6.63. The first-order valence-corrected chi connectivity index (χ1v) is 8.66. The van der Waals surface area contributed by atoms with Gasteiger partial charge in [0.2, 0.25) is 0 Å². The highest BCUT2D eigenvalue weighted by Crippen LogP contribution is 2.27. The molecule has 2 heterocycles. The smallest absolute Gasteiger partial charge is 0.251 e. The molecule has 5 heteroatoms. The van der Waals surface area contributed by atoms with Crippen molar-refractivity contribution in [1.82, 2.24) is 15.3 Å². The highest BCUT2D eigenvalue weighted by Gasteiger charge is 2.14. The quantitative estimate of drug-likeness (QED) is 0.503. The zero-order valence-corrected chi connectivity index (χ0v) is 14.7. The Morgan fingerprint density at radius 3 is 2.85 bits per heavy atom. The van der Waals surface area contributed by atoms with Crippen LogP contribution >= 0.6 is 0 Å². The Kier molecular flexibility index (Phi) is 3.99. The van der Waals surface area contributed by atoms with Crippen LogP contribution in [0.4, 0.5) is 4.39 Å². The van der Waals surface area contributed by atoms with E-state index in [-0.39, 0.29) is 11.7 Å². The molecule has 0 fully saturated rings. The summed E-state index contributed by atoms with van der Waals surface area (Å²) in [6, 6.07) is 10.8. The lowest BCUT2D eigenvalue weighted by Crippen LogP contribution is -2.25. The van der Waals surface area contributed by atoms with Gasteiger partial charge in [-0.2, -0.15) is 0 Å². The lowest BCUT2D eigenvalue weighted by atomic mass is 10.0. The van der Waals surface area contributed by atoms with Crippen LogP contribution in [0.2, 0.25) is 0 Å². The van der Waals surface area contributed by atoms with Crippen molar-refractivity contribution in [2.24, 2.45) is 0 Å². The summed E-state index contributed by atoms with van der Waals surface area (Å²) in [5, 5.41) is 4.90. The Labute approximate surface area is 150 Å². The van der Waals surface area contributed by atoms with E-state index in [0.717, 1.165) is 33.1 Å². The molecule has 4 nitrogen and oxygen atoms in total. The van der Waals surface area contributed by atoms with E-state index in [1.165, 1.54) is 6.07 Å². The first-order chi connectivity index (χ1) is 12.5. The molecule has 0 unspecified atom stereocenters. The number of carbonyl (C=O) groups is 1. The number of aromatic amines is 2. The number of halogens is 1. The van der Waals surface area contributed by atoms with E-state index < -0.39 is 0 Å². The van der Waals surface area contributed by atoms with Gasteiger partial charge in [-0.15, -0.1) is 0 Å². The summed E-state index contributed by atoms with van der Waals surface area (Å²) in [5.74, 6) is -0.350. The van der Waals surface area contributed by atoms with Gasteiger partial charge in [-0.25, -0.2) is 4.39 Å². The van der Waals surface area contributed by atoms with Crippen molar-refractivity contribution < 1.29 is 9.18 Å². The molecule has 0 saturated carbocycles. The molecule has 2 aromatic heterocycles. The second kappa shape index (κ2) is 6.33. The third-order valence-corrected chi connectivity index (χ3v) is 4.91. The number of benzene rings is 2. The summed E-state index contributed by atoms with van der Waals surface area (Å²) >= 11 is 0. The molecule has 0 saturated heterocycles. The minimum absolute atomic E-state index is 0.103. The average Bonchev–Trinajstić information content (AvgIpc) is 3.22. The van der Waals surface area contributed by atoms with Crippen LogP contribution in [0, 0.1) is 19.7 Å². The number of nitrogens with one attached hydrogen (secondary N) is 3. The largest absolute Gasteiger partial charge is 0.361 e. The lowest BCUT2D eigenvalue weighted by molar-refractivity contribution is 0.0954. The molecule has 4 rings (SSSR count). The fraction of sp³-hybridized carbons (Fsp3) is 0.190. The Hall–Kier alpha value is -3.08. The van der Waals surface area contributed by atoms with Crippen molar-refractivity contribution in [2.45, 2.75) is 20.3 Å². The number of carbonyl (C=O) groups excluding carboxylic acids is 1. The molecular weight excluding hydrogens is 329 g/mol. The summed E-state index contributed by atoms with van der Waals surface area (Å²) in [6.45, 7) is 4.41. The molecule has 2 aromatic carbocycles. The van der Waals surface area contributed by atoms with Gasteiger partial charge in [0.05, 0.1) is 5.52 Å². The van der Waals surface area contributed by atoms with Crippen LogP contribution in [0.5, 0.6) is 0 Å². The summed E-state index contributed by atoms with van der Waals surface area (Å²) in [5.41, 5.74) is 5.21. The Bertz CT molecular complexity index is 1120. The van der Waals surface area contributed by atoms with E-state index in [4.69, 9.17) is 0 Å². The van der Waals surface area contributed by atoms with Crippen LogP contribution in [0.1, 0.15) is 27.2 Å². The molecule has 1 amide bonds. The molecule has 0 atom stereocenters. The summed E-state index contributed by atoms with van der Waals surface area (Å²) in [4.78, 5) is 18.7. The fourth-order valence-electron chi connectivity index (χ4n) is 3.55. The Morgan fingerprint density at radius 2 is 2.00 bits per heavy atom. The molecule has 3 N–H and O–H groups in total. The second-order valence-electron chi connectivity index (χ2n) is 6.63. The predicted octanol–water partition coefficient (Wildman–Crippen LogP) is 4.38. The van der Waals surface area contributed by atoms with Crippen LogP contribution in [0.25, 0.3) is 21.8 Å². The van der Waals surface area contributed by atoms with Crippen molar-refractivity contribution in [3.05, 3.63) is 70.8 Å². The summed E-state index contributed by atoms with van der Waals surface area (Å²) < 4.78 is 14.0. The molecule has 0 spiro atoms. The SMILES string of the molecule is Cc1[nH]c2c(F)ccc(C)c2c1CCNC(=O)c1ccc2[nH]ccc2c1. The van der Waals surface area contributed by atoms with Crippen molar-refractivity contribution in [1.29, 1.82) is 0 Å². The van der Waals surface area contributed by atoms with E-state index >= 15 is 0 Å². The van der Waals surface area contributed by atoms with E-state index in [9.17, 15) is 9.18 Å². The number of aromatic nitrogens is 2. The normalized spacial score (nSPS) is 11.3. The minimum Gasteiger partial charge on any atom is -0.361 e. The third kappa shape index (κ3) is 2.75. The topological polar surface area (TPSA) is 60.7 Å². The standard InChI is InChI=1S/C21H20FN3O/c1-12-3-5-17(22)20-19(12)16(13(2)25-20)8-10-24-21(26)15-4-6-18-14(11-15)7-9-23-18/h3-7,9,11,23,25H,8,10H2,1-2H3,(H,24,26). The number of H-pyrrole nitrogens is 2. The van der Waals surface area contributed by atoms with Crippen LogP contribution in [0.3, 0.4) is 0 Å². The first-order valence-electron chi connectivity index (χ1n) is 8.66. The van der Waals surface area contributed by atoms with Crippen LogP contribution < -0.4 is 5.32 Å². The van der Waals surface area contributed by atoms with E-state index in [2.05, 4.69) is 15.3 Å². The van der Waals surface area contributed by atoms with Gasteiger partial charge in [0, 0.05) is 40.3 Å². The monoisotopic (exact) mass is 349 g/mol. The molecule has 4 aromatic rings. The van der Waals surface area contributed by atoms with E-state index in [1.807, 2.05) is 44.3 Å². The van der Waals surface area contributed by atoms with Gasteiger partial charge < -0.3 is 15.3 Å². The lowest BCUT2D eigenvalue weighted by Gasteiger charge is -2.07. The van der Waals surface area contributed by atoms with Gasteiger partial charge in [-0.1, -0.05) is 6.07 Å². The number of hydrogen-bond donors (Lipinski definition) is 3. The maximum Gasteiger partial charge on any atom is 0.251 e. The fourth-order valence-corrected chi connectivity index (χ4v) is 3.55. The highest BCUT2D eigenvalue weighted by molar-refractivity contribution is 5.98. The third-order valence-electron chi connectivity index (χ3n) is 4.91. The Morgan fingerprint density at radius 1 is 1.15 bits per heavy atom. The summed E-state index contributed by atoms with van der Waals surface area (Å²) in [6.07, 6.45) is 2.50. The maximum absolute atomic E-state index is 14.0. The molecule has 0 aliphatic carbocycles. The van der Waals surface area contributed by atoms with E-state index in [0.29, 0.717) is 24.0 Å². The molecule has 0 aliphatic rings. The van der Waals surface area contributed by atoms with Gasteiger partial charge in [0.15, 0.2) is 0 Å². The van der Waals surface area contributed by atoms with Crippen molar-refractivity contribution >= 4 is 27.7 Å². The van der Waals surface area contributed by atoms with Crippen molar-refractivity contribution in [3.8, 4) is 0 Å². The number of hydrogen-bond acceptors (Lipinski definition) is 1. The molecular formula is C21H20FN3O. The van der Waals surface area contributed by atoms with Gasteiger partial charge >= 0.3 is 0 Å². The van der Waals surface area contributed by atoms with Gasteiger partial charge in [0.1, 0.15) is 5.82 Å². The number of rotatable bonds is 4. The van der Waals surface area contributed by atoms with Gasteiger partial charge in [-0.05, 0) is 61.7 Å². The van der Waals surface area contributed by atoms with Crippen LogP contribution in [-0.2, 0) is 6.42 Å². The molecule has 0 radical (unpaired) electrons. The van der Waals surface area contributed by atoms with Gasteiger partial charge in [0.25, 0.3) is 5.91 Å². The predicted molar refractivity (Wildman–Crippen MR) is 102 cm³/mol. The number of fused-ring (bicyclic) bond motifs is 2. The molecule has 26 heavy (non-hydrogen) atoms. The van der Waals surface area contributed by atoms with Gasteiger partial charge in [-0.3, -0.25) is 4.79 Å². The Balaban J connectivity index is 1.51. The van der Waals surface area contributed by atoms with Crippen molar-refractivity contribution in [2.75, 3.05) is 6.54 Å². The maximum atomic E-state index is 14.0. The highest BCUT2D eigenvalue weighted by atomic mass is 19.1. The van der Waals surface area contributed by atoms with Crippen LogP contribution in [-0.4, -0.2) is 22.4 Å².